The topological polar surface area (TPSA) is 9.23 Å². The molecule has 0 saturated carbocycles. The normalized spacial score (nSPS) is 10.4. The van der Waals surface area contributed by atoms with Crippen LogP contribution < -0.4 is 4.74 Å². The molecule has 0 saturated heterocycles. The Labute approximate surface area is 110 Å². The van der Waals surface area contributed by atoms with Crippen molar-refractivity contribution in [1.29, 1.82) is 0 Å². The average molecular weight is 322 g/mol. The van der Waals surface area contributed by atoms with E-state index in [1.165, 1.54) is 23.5 Å². The summed E-state index contributed by atoms with van der Waals surface area (Å²) in [5.74, 6) is 0.173. The minimum absolute atomic E-state index is 0.317. The SMILES string of the molecule is Fc1ccc(Br)c(OCc2ccc(Cl)s2)c1. The third-order valence-electron chi connectivity index (χ3n) is 1.89. The van der Waals surface area contributed by atoms with E-state index in [-0.39, 0.29) is 5.82 Å². The van der Waals surface area contributed by atoms with Crippen LogP contribution in [0.4, 0.5) is 4.39 Å². The number of rotatable bonds is 3. The van der Waals surface area contributed by atoms with Crippen LogP contribution in [-0.4, -0.2) is 0 Å². The zero-order valence-electron chi connectivity index (χ0n) is 8.04. The second kappa shape index (κ2) is 5.17. The first-order chi connectivity index (χ1) is 7.65. The van der Waals surface area contributed by atoms with Crippen molar-refractivity contribution in [2.45, 2.75) is 6.61 Å². The molecule has 0 aliphatic heterocycles. The van der Waals surface area contributed by atoms with Crippen LogP contribution in [0, 0.1) is 5.82 Å². The third-order valence-corrected chi connectivity index (χ3v) is 3.75. The van der Waals surface area contributed by atoms with Gasteiger partial charge in [-0.2, -0.15) is 0 Å². The Morgan fingerprint density at radius 3 is 2.81 bits per heavy atom. The number of hydrogen-bond donors (Lipinski definition) is 0. The van der Waals surface area contributed by atoms with Gasteiger partial charge in [0.2, 0.25) is 0 Å². The molecule has 16 heavy (non-hydrogen) atoms. The summed E-state index contributed by atoms with van der Waals surface area (Å²) in [6.45, 7) is 0.388. The largest absolute Gasteiger partial charge is 0.487 e. The van der Waals surface area contributed by atoms with E-state index in [2.05, 4.69) is 15.9 Å². The van der Waals surface area contributed by atoms with Crippen molar-refractivity contribution in [2.75, 3.05) is 0 Å². The molecule has 1 nitrogen and oxygen atoms in total. The Morgan fingerprint density at radius 1 is 1.31 bits per heavy atom. The zero-order chi connectivity index (χ0) is 11.5. The van der Waals surface area contributed by atoms with Crippen LogP contribution in [0.5, 0.6) is 5.75 Å². The summed E-state index contributed by atoms with van der Waals surface area (Å²) in [6.07, 6.45) is 0. The van der Waals surface area contributed by atoms with E-state index in [0.717, 1.165) is 13.7 Å². The van der Waals surface area contributed by atoms with Crippen molar-refractivity contribution in [3.63, 3.8) is 0 Å². The van der Waals surface area contributed by atoms with Gasteiger partial charge in [-0.25, -0.2) is 4.39 Å². The highest BCUT2D eigenvalue weighted by Crippen LogP contribution is 2.28. The van der Waals surface area contributed by atoms with E-state index in [1.54, 1.807) is 6.07 Å². The molecule has 2 aromatic rings. The highest BCUT2D eigenvalue weighted by Gasteiger charge is 2.04. The maximum absolute atomic E-state index is 13.0. The van der Waals surface area contributed by atoms with Gasteiger partial charge < -0.3 is 4.74 Å². The second-order valence-electron chi connectivity index (χ2n) is 3.07. The van der Waals surface area contributed by atoms with Crippen molar-refractivity contribution in [3.8, 4) is 5.75 Å². The van der Waals surface area contributed by atoms with E-state index in [0.29, 0.717) is 12.4 Å². The van der Waals surface area contributed by atoms with E-state index in [9.17, 15) is 4.39 Å². The Morgan fingerprint density at radius 2 is 2.12 bits per heavy atom. The van der Waals surface area contributed by atoms with Gasteiger partial charge in [-0.1, -0.05) is 11.6 Å². The standard InChI is InChI=1S/C11H7BrClFOS/c12-9-3-1-7(14)5-10(9)15-6-8-2-4-11(13)16-8/h1-5H,6H2. The van der Waals surface area contributed by atoms with E-state index in [1.807, 2.05) is 12.1 Å². The number of hydrogen-bond acceptors (Lipinski definition) is 2. The molecular weight excluding hydrogens is 315 g/mol. The van der Waals surface area contributed by atoms with Crippen LogP contribution in [-0.2, 0) is 6.61 Å². The molecule has 84 valence electrons. The monoisotopic (exact) mass is 320 g/mol. The molecule has 5 heteroatoms. The number of halogens is 3. The molecule has 0 spiro atoms. The fraction of sp³-hybridized carbons (Fsp3) is 0.0909. The first-order valence-electron chi connectivity index (χ1n) is 4.47. The van der Waals surface area contributed by atoms with E-state index >= 15 is 0 Å². The maximum Gasteiger partial charge on any atom is 0.136 e. The van der Waals surface area contributed by atoms with Crippen molar-refractivity contribution < 1.29 is 9.13 Å². The molecular formula is C11H7BrClFOS. The lowest BCUT2D eigenvalue weighted by Crippen LogP contribution is -1.94. The Hall–Kier alpha value is -0.580. The number of ether oxygens (including phenoxy) is 1. The van der Waals surface area contributed by atoms with Crippen LogP contribution in [0.2, 0.25) is 4.34 Å². The van der Waals surface area contributed by atoms with Crippen LogP contribution in [0.3, 0.4) is 0 Å². The smallest absolute Gasteiger partial charge is 0.136 e. The quantitative estimate of drug-likeness (QED) is 0.782. The zero-order valence-corrected chi connectivity index (χ0v) is 11.2. The average Bonchev–Trinajstić information content (AvgIpc) is 2.66. The van der Waals surface area contributed by atoms with Crippen LogP contribution in [0.1, 0.15) is 4.88 Å². The molecule has 0 amide bonds. The first-order valence-corrected chi connectivity index (χ1v) is 6.46. The predicted octanol–water partition coefficient (Wildman–Crippen LogP) is 4.88. The van der Waals surface area contributed by atoms with E-state index < -0.39 is 0 Å². The molecule has 0 fully saturated rings. The Kier molecular flexibility index (Phi) is 3.84. The van der Waals surface area contributed by atoms with Crippen molar-refractivity contribution in [3.05, 3.63) is 49.8 Å². The number of benzene rings is 1. The minimum atomic E-state index is -0.317. The van der Waals surface area contributed by atoms with Crippen LogP contribution in [0.15, 0.2) is 34.8 Å². The molecule has 1 heterocycles. The molecule has 0 N–H and O–H groups in total. The van der Waals surface area contributed by atoms with Crippen molar-refractivity contribution in [1.82, 2.24) is 0 Å². The third kappa shape index (κ3) is 2.97. The molecule has 1 aromatic carbocycles. The fourth-order valence-electron chi connectivity index (χ4n) is 1.17. The fourth-order valence-corrected chi connectivity index (χ4v) is 2.53. The summed E-state index contributed by atoms with van der Waals surface area (Å²) in [4.78, 5) is 1.00. The molecule has 1 aromatic heterocycles. The summed E-state index contributed by atoms with van der Waals surface area (Å²) < 4.78 is 19.9. The lowest BCUT2D eigenvalue weighted by Gasteiger charge is -2.06. The van der Waals surface area contributed by atoms with Gasteiger partial charge in [-0.3, -0.25) is 0 Å². The highest BCUT2D eigenvalue weighted by molar-refractivity contribution is 9.10. The van der Waals surface area contributed by atoms with Crippen molar-refractivity contribution >= 4 is 38.9 Å². The van der Waals surface area contributed by atoms with Crippen molar-refractivity contribution in [2.24, 2.45) is 0 Å². The van der Waals surface area contributed by atoms with Gasteiger partial charge in [-0.05, 0) is 40.2 Å². The Bertz CT molecular complexity index is 500. The summed E-state index contributed by atoms with van der Waals surface area (Å²) in [5, 5.41) is 0. The molecule has 0 aliphatic carbocycles. The summed E-state index contributed by atoms with van der Waals surface area (Å²) in [7, 11) is 0. The predicted molar refractivity (Wildman–Crippen MR) is 67.8 cm³/mol. The van der Waals surface area contributed by atoms with Gasteiger partial charge in [0, 0.05) is 10.9 Å². The molecule has 0 radical (unpaired) electrons. The summed E-state index contributed by atoms with van der Waals surface area (Å²) >= 11 is 10.5. The first kappa shape index (κ1) is 11.9. The van der Waals surface area contributed by atoms with Crippen LogP contribution in [0.25, 0.3) is 0 Å². The van der Waals surface area contributed by atoms with Gasteiger partial charge in [0.15, 0.2) is 0 Å². The molecule has 2 rings (SSSR count). The van der Waals surface area contributed by atoms with Gasteiger partial charge in [0.05, 0.1) is 8.81 Å². The summed E-state index contributed by atoms with van der Waals surface area (Å²) in [5.41, 5.74) is 0. The van der Waals surface area contributed by atoms with Crippen LogP contribution >= 0.6 is 38.9 Å². The van der Waals surface area contributed by atoms with E-state index in [4.69, 9.17) is 16.3 Å². The highest BCUT2D eigenvalue weighted by atomic mass is 79.9. The molecule has 0 aliphatic rings. The number of thiophene rings is 1. The summed E-state index contributed by atoms with van der Waals surface area (Å²) in [6, 6.07) is 8.04. The van der Waals surface area contributed by atoms with Gasteiger partial charge in [0.1, 0.15) is 18.2 Å². The maximum atomic E-state index is 13.0. The molecule has 0 unspecified atom stereocenters. The molecule has 0 atom stereocenters. The lowest BCUT2D eigenvalue weighted by atomic mass is 10.3. The second-order valence-corrected chi connectivity index (χ2v) is 5.72. The van der Waals surface area contributed by atoms with Gasteiger partial charge >= 0.3 is 0 Å². The van der Waals surface area contributed by atoms with Gasteiger partial charge in [-0.15, -0.1) is 11.3 Å². The Balaban J connectivity index is 2.07. The van der Waals surface area contributed by atoms with Gasteiger partial charge in [0.25, 0.3) is 0 Å². The minimum Gasteiger partial charge on any atom is -0.487 e. The molecule has 0 bridgehead atoms. The lowest BCUT2D eigenvalue weighted by molar-refractivity contribution is 0.306.